The van der Waals surface area contributed by atoms with Crippen LogP contribution in [0.2, 0.25) is 0 Å². The molecule has 0 fully saturated rings. The van der Waals surface area contributed by atoms with Crippen molar-refractivity contribution in [1.29, 1.82) is 0 Å². The first-order valence-corrected chi connectivity index (χ1v) is 9.72. The molecular formula is C23H18BrNO4. The van der Waals surface area contributed by atoms with Gasteiger partial charge in [-0.2, -0.15) is 0 Å². The Balaban J connectivity index is 1.65. The number of fused-ring (bicyclic) bond motifs is 1. The fraction of sp³-hybridized carbons (Fsp3) is 0.0870. The third-order valence-corrected chi connectivity index (χ3v) is 5.12. The van der Waals surface area contributed by atoms with E-state index in [4.69, 9.17) is 19.6 Å². The molecule has 3 aromatic carbocycles. The van der Waals surface area contributed by atoms with Gasteiger partial charge in [-0.15, -0.1) is 0 Å². The normalized spacial score (nSPS) is 10.8. The number of ether oxygens (including phenoxy) is 2. The molecular weight excluding hydrogens is 434 g/mol. The lowest BCUT2D eigenvalue weighted by molar-refractivity contribution is 0.306. The van der Waals surface area contributed by atoms with Crippen molar-refractivity contribution in [3.63, 3.8) is 0 Å². The zero-order valence-electron chi connectivity index (χ0n) is 15.6. The summed E-state index contributed by atoms with van der Waals surface area (Å²) in [5.41, 5.74) is 8.32. The van der Waals surface area contributed by atoms with Gasteiger partial charge in [-0.1, -0.05) is 40.2 Å². The van der Waals surface area contributed by atoms with E-state index in [1.165, 1.54) is 0 Å². The summed E-state index contributed by atoms with van der Waals surface area (Å²) < 4.78 is 17.8. The molecule has 146 valence electrons. The van der Waals surface area contributed by atoms with Crippen molar-refractivity contribution in [3.05, 3.63) is 87.0 Å². The van der Waals surface area contributed by atoms with Crippen molar-refractivity contribution >= 4 is 32.8 Å². The highest BCUT2D eigenvalue weighted by Gasteiger charge is 2.15. The van der Waals surface area contributed by atoms with Crippen molar-refractivity contribution in [2.24, 2.45) is 0 Å². The van der Waals surface area contributed by atoms with E-state index in [0.29, 0.717) is 40.2 Å². The lowest BCUT2D eigenvalue weighted by atomic mass is 10.0. The first-order valence-electron chi connectivity index (χ1n) is 8.93. The summed E-state index contributed by atoms with van der Waals surface area (Å²) in [6.07, 6.45) is 0. The molecule has 29 heavy (non-hydrogen) atoms. The summed E-state index contributed by atoms with van der Waals surface area (Å²) >= 11 is 3.41. The highest BCUT2D eigenvalue weighted by atomic mass is 79.9. The second kappa shape index (κ2) is 8.01. The van der Waals surface area contributed by atoms with E-state index in [1.807, 2.05) is 24.3 Å². The molecule has 1 heterocycles. The molecule has 5 nitrogen and oxygen atoms in total. The predicted octanol–water partition coefficient (Wildman–Crippen LogP) is 5.39. The molecule has 0 aliphatic carbocycles. The van der Waals surface area contributed by atoms with E-state index < -0.39 is 0 Å². The van der Waals surface area contributed by atoms with Gasteiger partial charge in [0.2, 0.25) is 11.3 Å². The van der Waals surface area contributed by atoms with Crippen LogP contribution in [-0.2, 0) is 6.61 Å². The van der Waals surface area contributed by atoms with Crippen LogP contribution in [0.4, 0.5) is 5.88 Å². The summed E-state index contributed by atoms with van der Waals surface area (Å²) in [6.45, 7) is 0.405. The van der Waals surface area contributed by atoms with E-state index in [9.17, 15) is 4.79 Å². The van der Waals surface area contributed by atoms with Gasteiger partial charge in [0.05, 0.1) is 18.1 Å². The molecule has 0 aliphatic rings. The summed E-state index contributed by atoms with van der Waals surface area (Å²) in [5, 5.41) is 0.445. The zero-order chi connectivity index (χ0) is 20.4. The number of hydrogen-bond acceptors (Lipinski definition) is 5. The van der Waals surface area contributed by atoms with E-state index in [-0.39, 0.29) is 11.3 Å². The monoisotopic (exact) mass is 451 g/mol. The number of methoxy groups -OCH3 is 1. The Morgan fingerprint density at radius 3 is 2.34 bits per heavy atom. The van der Waals surface area contributed by atoms with Gasteiger partial charge < -0.3 is 19.6 Å². The van der Waals surface area contributed by atoms with Crippen LogP contribution in [0.5, 0.6) is 11.5 Å². The molecule has 4 rings (SSSR count). The molecule has 4 aromatic rings. The van der Waals surface area contributed by atoms with Crippen LogP contribution in [-0.4, -0.2) is 7.11 Å². The second-order valence-electron chi connectivity index (χ2n) is 6.47. The van der Waals surface area contributed by atoms with Gasteiger partial charge in [0.1, 0.15) is 23.7 Å². The fourth-order valence-electron chi connectivity index (χ4n) is 3.06. The van der Waals surface area contributed by atoms with Crippen molar-refractivity contribution in [1.82, 2.24) is 0 Å². The van der Waals surface area contributed by atoms with Gasteiger partial charge in [0.15, 0.2) is 0 Å². The maximum Gasteiger partial charge on any atom is 0.202 e. The van der Waals surface area contributed by atoms with Gasteiger partial charge in [-0.25, -0.2) is 0 Å². The molecule has 0 saturated heterocycles. The average Bonchev–Trinajstić information content (AvgIpc) is 2.73. The Kier molecular flexibility index (Phi) is 5.27. The molecule has 0 aliphatic heterocycles. The highest BCUT2D eigenvalue weighted by Crippen LogP contribution is 2.29. The van der Waals surface area contributed by atoms with Crippen LogP contribution in [0.25, 0.3) is 22.1 Å². The lowest BCUT2D eigenvalue weighted by Gasteiger charge is -2.10. The standard InChI is InChI=1S/C23H18BrNO4/c1-27-17-8-4-15(5-9-17)21-22(26)19-11-10-18(12-20(19)29-23(21)25)28-13-14-2-6-16(24)7-3-14/h2-12H,13,25H2,1H3. The molecule has 0 amide bonds. The highest BCUT2D eigenvalue weighted by molar-refractivity contribution is 9.10. The van der Waals surface area contributed by atoms with Crippen molar-refractivity contribution < 1.29 is 13.9 Å². The number of benzene rings is 3. The fourth-order valence-corrected chi connectivity index (χ4v) is 3.32. The molecule has 0 atom stereocenters. The number of hydrogen-bond donors (Lipinski definition) is 1. The maximum absolute atomic E-state index is 13.0. The van der Waals surface area contributed by atoms with E-state index in [0.717, 1.165) is 10.0 Å². The van der Waals surface area contributed by atoms with Crippen LogP contribution in [0, 0.1) is 0 Å². The van der Waals surface area contributed by atoms with Gasteiger partial charge in [-0.05, 0) is 47.5 Å². The van der Waals surface area contributed by atoms with Crippen LogP contribution < -0.4 is 20.6 Å². The summed E-state index contributed by atoms with van der Waals surface area (Å²) in [7, 11) is 1.59. The summed E-state index contributed by atoms with van der Waals surface area (Å²) in [6, 6.07) is 20.1. The van der Waals surface area contributed by atoms with E-state index in [1.54, 1.807) is 49.6 Å². The molecule has 0 unspecified atom stereocenters. The number of nitrogen functional groups attached to an aromatic ring is 1. The Morgan fingerprint density at radius 1 is 0.966 bits per heavy atom. The lowest BCUT2D eigenvalue weighted by Crippen LogP contribution is -2.09. The van der Waals surface area contributed by atoms with Crippen LogP contribution in [0.15, 0.2) is 80.4 Å². The smallest absolute Gasteiger partial charge is 0.202 e. The number of anilines is 1. The molecule has 0 spiro atoms. The Morgan fingerprint density at radius 2 is 1.66 bits per heavy atom. The molecule has 2 N–H and O–H groups in total. The first-order chi connectivity index (χ1) is 14.0. The molecule has 6 heteroatoms. The molecule has 0 radical (unpaired) electrons. The minimum atomic E-state index is -0.187. The second-order valence-corrected chi connectivity index (χ2v) is 7.39. The third kappa shape index (κ3) is 3.98. The topological polar surface area (TPSA) is 74.7 Å². The minimum Gasteiger partial charge on any atom is -0.497 e. The van der Waals surface area contributed by atoms with Crippen LogP contribution in [0.3, 0.4) is 0 Å². The number of nitrogens with two attached hydrogens (primary N) is 1. The predicted molar refractivity (Wildman–Crippen MR) is 117 cm³/mol. The Labute approximate surface area is 175 Å². The Bertz CT molecular complexity index is 1210. The van der Waals surface area contributed by atoms with Gasteiger partial charge in [-0.3, -0.25) is 4.79 Å². The average molecular weight is 452 g/mol. The van der Waals surface area contributed by atoms with E-state index >= 15 is 0 Å². The minimum absolute atomic E-state index is 0.0673. The van der Waals surface area contributed by atoms with Crippen molar-refractivity contribution in [2.45, 2.75) is 6.61 Å². The number of halogens is 1. The molecule has 0 saturated carbocycles. The molecule has 1 aromatic heterocycles. The first kappa shape index (κ1) is 19.1. The molecule has 0 bridgehead atoms. The van der Waals surface area contributed by atoms with Gasteiger partial charge in [0, 0.05) is 10.5 Å². The van der Waals surface area contributed by atoms with Crippen LogP contribution in [0.1, 0.15) is 5.56 Å². The van der Waals surface area contributed by atoms with Crippen molar-refractivity contribution in [2.75, 3.05) is 12.8 Å². The SMILES string of the molecule is COc1ccc(-c2c(N)oc3cc(OCc4ccc(Br)cc4)ccc3c2=O)cc1. The summed E-state index contributed by atoms with van der Waals surface area (Å²) in [4.78, 5) is 13.0. The van der Waals surface area contributed by atoms with Gasteiger partial charge >= 0.3 is 0 Å². The van der Waals surface area contributed by atoms with E-state index in [2.05, 4.69) is 15.9 Å². The number of rotatable bonds is 5. The quantitative estimate of drug-likeness (QED) is 0.440. The van der Waals surface area contributed by atoms with Gasteiger partial charge in [0.25, 0.3) is 0 Å². The Hall–Kier alpha value is -3.25. The summed E-state index contributed by atoms with van der Waals surface area (Å²) in [5.74, 6) is 1.36. The van der Waals surface area contributed by atoms with Crippen molar-refractivity contribution in [3.8, 4) is 22.6 Å². The third-order valence-electron chi connectivity index (χ3n) is 4.59. The zero-order valence-corrected chi connectivity index (χ0v) is 17.2. The van der Waals surface area contributed by atoms with Crippen LogP contribution >= 0.6 is 15.9 Å². The maximum atomic E-state index is 13.0. The largest absolute Gasteiger partial charge is 0.497 e.